The quantitative estimate of drug-likeness (QED) is 0.184. The predicted molar refractivity (Wildman–Crippen MR) is 218 cm³/mol. The smallest absolute Gasteiger partial charge is 0.262 e. The fourth-order valence-corrected chi connectivity index (χ4v) is 8.52. The van der Waals surface area contributed by atoms with Gasteiger partial charge in [0, 0.05) is 76.9 Å². The molecule has 3 N–H and O–H groups in total. The molecule has 4 amide bonds. The molecule has 0 saturated carbocycles. The van der Waals surface area contributed by atoms with Gasteiger partial charge in [0.25, 0.3) is 11.8 Å². The van der Waals surface area contributed by atoms with E-state index in [1.807, 2.05) is 19.2 Å². The average molecular weight is 784 g/mol. The van der Waals surface area contributed by atoms with Crippen LogP contribution in [0.1, 0.15) is 57.5 Å². The SMILES string of the molecule is Cc1cccc(C)c1Nc1nn(C)c2nc(Nc3cnc(N4CCN(CC5CCN(c6ccc7c(c6)C(=O)N(C6CCC(=O)NC6=O)C7=O)CC5)CC4)nc3)ncc12. The molecule has 0 spiro atoms. The molecule has 7 heterocycles. The summed E-state index contributed by atoms with van der Waals surface area (Å²) in [6.07, 6.45) is 7.57. The fraction of sp³-hybridized carbons (Fsp3) is 0.390. The fourth-order valence-electron chi connectivity index (χ4n) is 8.52. The van der Waals surface area contributed by atoms with E-state index in [0.29, 0.717) is 46.1 Å². The van der Waals surface area contributed by atoms with Gasteiger partial charge in [0.05, 0.1) is 34.6 Å². The monoisotopic (exact) mass is 783 g/mol. The van der Waals surface area contributed by atoms with Gasteiger partial charge >= 0.3 is 0 Å². The third-order valence-electron chi connectivity index (χ3n) is 11.8. The number of piperidine rings is 2. The molecule has 4 aliphatic heterocycles. The molecular formula is C41H45N13O4. The zero-order valence-corrected chi connectivity index (χ0v) is 32.7. The van der Waals surface area contributed by atoms with Crippen molar-refractivity contribution in [2.75, 3.05) is 66.2 Å². The maximum absolute atomic E-state index is 13.3. The summed E-state index contributed by atoms with van der Waals surface area (Å²) in [4.78, 5) is 77.1. The van der Waals surface area contributed by atoms with Crippen LogP contribution in [0, 0.1) is 19.8 Å². The Labute approximate surface area is 334 Å². The summed E-state index contributed by atoms with van der Waals surface area (Å²) in [7, 11) is 1.87. The summed E-state index contributed by atoms with van der Waals surface area (Å²) in [6.45, 7) is 10.4. The Morgan fingerprint density at radius 1 is 0.793 bits per heavy atom. The normalized spacial score (nSPS) is 19.2. The lowest BCUT2D eigenvalue weighted by Crippen LogP contribution is -2.54. The van der Waals surface area contributed by atoms with E-state index >= 15 is 0 Å². The Kier molecular flexibility index (Phi) is 9.67. The zero-order chi connectivity index (χ0) is 40.1. The first-order valence-electron chi connectivity index (χ1n) is 19.8. The van der Waals surface area contributed by atoms with Crippen LogP contribution in [0.2, 0.25) is 0 Å². The highest BCUT2D eigenvalue weighted by Gasteiger charge is 2.45. The molecule has 0 aliphatic carbocycles. The van der Waals surface area contributed by atoms with Crippen molar-refractivity contribution in [2.45, 2.75) is 45.6 Å². The third-order valence-corrected chi connectivity index (χ3v) is 11.8. The maximum Gasteiger partial charge on any atom is 0.262 e. The number of nitrogens with one attached hydrogen (secondary N) is 3. The first-order chi connectivity index (χ1) is 28.1. The van der Waals surface area contributed by atoms with E-state index < -0.39 is 23.8 Å². The van der Waals surface area contributed by atoms with Crippen LogP contribution in [0.15, 0.2) is 55.0 Å². The van der Waals surface area contributed by atoms with Crippen molar-refractivity contribution >= 4 is 69.4 Å². The number of hydrogen-bond acceptors (Lipinski definition) is 14. The number of anilines is 6. The highest BCUT2D eigenvalue weighted by Crippen LogP contribution is 2.33. The summed E-state index contributed by atoms with van der Waals surface area (Å²) in [5, 5.41) is 14.4. The second-order valence-corrected chi connectivity index (χ2v) is 15.6. The number of aryl methyl sites for hydroxylation is 3. The summed E-state index contributed by atoms with van der Waals surface area (Å²) in [6, 6.07) is 10.6. The highest BCUT2D eigenvalue weighted by atomic mass is 16.2. The summed E-state index contributed by atoms with van der Waals surface area (Å²) in [5.41, 5.74) is 6.21. The maximum atomic E-state index is 13.3. The summed E-state index contributed by atoms with van der Waals surface area (Å²) < 4.78 is 1.74. The van der Waals surface area contributed by atoms with E-state index in [4.69, 9.17) is 4.98 Å². The molecule has 0 bridgehead atoms. The van der Waals surface area contributed by atoms with E-state index in [1.165, 1.54) is 0 Å². The summed E-state index contributed by atoms with van der Waals surface area (Å²) in [5.74, 6) is 0.430. The molecule has 5 aromatic rings. The lowest BCUT2D eigenvalue weighted by atomic mass is 9.95. The van der Waals surface area contributed by atoms with Gasteiger partial charge in [-0.2, -0.15) is 10.1 Å². The van der Waals surface area contributed by atoms with Gasteiger partial charge in [0.15, 0.2) is 11.5 Å². The molecule has 58 heavy (non-hydrogen) atoms. The molecule has 3 aromatic heterocycles. The van der Waals surface area contributed by atoms with Crippen LogP contribution in [-0.4, -0.2) is 115 Å². The second kappa shape index (κ2) is 15.1. The first kappa shape index (κ1) is 37.1. The van der Waals surface area contributed by atoms with Crippen LogP contribution in [-0.2, 0) is 16.6 Å². The van der Waals surface area contributed by atoms with Crippen LogP contribution >= 0.6 is 0 Å². The molecule has 4 aliphatic rings. The molecule has 1 atom stereocenters. The molecule has 17 nitrogen and oxygen atoms in total. The van der Waals surface area contributed by atoms with Crippen molar-refractivity contribution < 1.29 is 19.2 Å². The van der Waals surface area contributed by atoms with Gasteiger partial charge in [-0.15, -0.1) is 0 Å². The number of fused-ring (bicyclic) bond motifs is 2. The highest BCUT2D eigenvalue weighted by molar-refractivity contribution is 6.23. The largest absolute Gasteiger partial charge is 0.371 e. The van der Waals surface area contributed by atoms with Crippen LogP contribution < -0.4 is 25.8 Å². The van der Waals surface area contributed by atoms with Gasteiger partial charge < -0.3 is 20.4 Å². The molecule has 298 valence electrons. The number of piperazine rings is 1. The van der Waals surface area contributed by atoms with Crippen LogP contribution in [0.4, 0.5) is 34.8 Å². The number of carbonyl (C=O) groups is 4. The molecule has 9 rings (SSSR count). The van der Waals surface area contributed by atoms with E-state index in [1.54, 1.807) is 35.4 Å². The first-order valence-corrected chi connectivity index (χ1v) is 19.8. The van der Waals surface area contributed by atoms with Crippen molar-refractivity contribution in [1.29, 1.82) is 0 Å². The Morgan fingerprint density at radius 2 is 1.52 bits per heavy atom. The number of rotatable bonds is 9. The second-order valence-electron chi connectivity index (χ2n) is 15.6. The van der Waals surface area contributed by atoms with Gasteiger partial charge in [-0.1, -0.05) is 18.2 Å². The van der Waals surface area contributed by atoms with E-state index in [0.717, 1.165) is 91.4 Å². The van der Waals surface area contributed by atoms with Gasteiger partial charge in [0.2, 0.25) is 23.7 Å². The van der Waals surface area contributed by atoms with Crippen molar-refractivity contribution in [2.24, 2.45) is 13.0 Å². The van der Waals surface area contributed by atoms with Gasteiger partial charge in [-0.25, -0.2) is 19.6 Å². The minimum absolute atomic E-state index is 0.0960. The van der Waals surface area contributed by atoms with Crippen LogP contribution in [0.3, 0.4) is 0 Å². The lowest BCUT2D eigenvalue weighted by Gasteiger charge is -2.39. The Balaban J connectivity index is 0.747. The predicted octanol–water partition coefficient (Wildman–Crippen LogP) is 3.70. The molecule has 3 fully saturated rings. The number of nitrogens with zero attached hydrogens (tertiary/aromatic N) is 10. The molecule has 0 radical (unpaired) electrons. The molecule has 1 unspecified atom stereocenters. The van der Waals surface area contributed by atoms with Gasteiger partial charge in [-0.3, -0.25) is 34.3 Å². The van der Waals surface area contributed by atoms with Gasteiger partial charge in [-0.05, 0) is 68.4 Å². The summed E-state index contributed by atoms with van der Waals surface area (Å²) >= 11 is 0. The number of hydrogen-bond donors (Lipinski definition) is 3. The molecule has 3 saturated heterocycles. The Bertz CT molecular complexity index is 2410. The zero-order valence-electron chi connectivity index (χ0n) is 32.7. The van der Waals surface area contributed by atoms with Crippen molar-refractivity contribution in [3.63, 3.8) is 0 Å². The number of benzene rings is 2. The number of amides is 4. The standard InChI is InChI=1S/C41H45N13O4/c1-24-5-4-6-25(2)34(24)47-35-31-22-42-40(48-36(31)50(3)49-35)45-27-20-43-41(44-21-27)53-17-15-51(16-18-53)23-26-11-13-52(14-12-26)28-7-8-29-30(19-28)39(58)54(38(29)57)32-9-10-33(55)46-37(32)56/h4-8,19-22,26,32H,9-18,23H2,1-3H3,(H,47,49)(H,42,45,48)(H,46,55,56). The Hall–Kier alpha value is -6.49. The number of aromatic nitrogens is 6. The number of para-hydroxylation sites is 1. The Morgan fingerprint density at radius 3 is 2.24 bits per heavy atom. The van der Waals surface area contributed by atoms with Crippen LogP contribution in [0.5, 0.6) is 0 Å². The van der Waals surface area contributed by atoms with E-state index in [2.05, 4.69) is 76.7 Å². The van der Waals surface area contributed by atoms with E-state index in [9.17, 15) is 19.2 Å². The van der Waals surface area contributed by atoms with Gasteiger partial charge in [0.1, 0.15) is 6.04 Å². The molecule has 17 heteroatoms. The third kappa shape index (κ3) is 7.05. The van der Waals surface area contributed by atoms with Crippen molar-refractivity contribution in [3.05, 3.63) is 77.2 Å². The number of imide groups is 2. The van der Waals surface area contributed by atoms with Crippen LogP contribution in [0.25, 0.3) is 11.0 Å². The van der Waals surface area contributed by atoms with E-state index in [-0.39, 0.29) is 18.7 Å². The number of carbonyl (C=O) groups excluding carboxylic acids is 4. The average Bonchev–Trinajstić information content (AvgIpc) is 3.67. The molecular weight excluding hydrogens is 739 g/mol. The minimum Gasteiger partial charge on any atom is -0.371 e. The topological polar surface area (TPSA) is 187 Å². The minimum atomic E-state index is -0.968. The van der Waals surface area contributed by atoms with Crippen molar-refractivity contribution in [3.8, 4) is 0 Å². The lowest BCUT2D eigenvalue weighted by molar-refractivity contribution is -0.136. The van der Waals surface area contributed by atoms with Crippen molar-refractivity contribution in [1.82, 2.24) is 44.8 Å². The molecule has 2 aromatic carbocycles.